The SMILES string of the molecule is C=C(c1ccc(-c2cccn3c(=O)c(Br)c(C(C)(C)F)nc23)cc1)N1CC(O)C1. The van der Waals surface area contributed by atoms with Crippen molar-refractivity contribution < 1.29 is 9.50 Å². The van der Waals surface area contributed by atoms with Gasteiger partial charge in [0.25, 0.3) is 5.56 Å². The van der Waals surface area contributed by atoms with E-state index in [2.05, 4.69) is 27.5 Å². The summed E-state index contributed by atoms with van der Waals surface area (Å²) >= 11 is 3.21. The van der Waals surface area contributed by atoms with Crippen molar-refractivity contribution in [3.63, 3.8) is 0 Å². The summed E-state index contributed by atoms with van der Waals surface area (Å²) in [5.41, 5.74) is 1.79. The molecule has 4 rings (SSSR count). The van der Waals surface area contributed by atoms with Gasteiger partial charge in [0.2, 0.25) is 0 Å². The predicted octanol–water partition coefficient (Wildman–Crippen LogP) is 3.98. The van der Waals surface area contributed by atoms with Crippen LogP contribution in [0.3, 0.4) is 0 Å². The van der Waals surface area contributed by atoms with Crippen molar-refractivity contribution in [3.8, 4) is 11.1 Å². The van der Waals surface area contributed by atoms with Crippen LogP contribution in [-0.4, -0.2) is 38.6 Å². The van der Waals surface area contributed by atoms with Gasteiger partial charge in [-0.3, -0.25) is 9.20 Å². The zero-order chi connectivity index (χ0) is 20.9. The van der Waals surface area contributed by atoms with E-state index in [1.807, 2.05) is 35.2 Å². The number of fused-ring (bicyclic) bond motifs is 1. The quantitative estimate of drug-likeness (QED) is 0.643. The van der Waals surface area contributed by atoms with Crippen LogP contribution in [0.4, 0.5) is 4.39 Å². The van der Waals surface area contributed by atoms with E-state index in [0.717, 1.165) is 22.4 Å². The van der Waals surface area contributed by atoms with Crippen molar-refractivity contribution >= 4 is 27.3 Å². The van der Waals surface area contributed by atoms with E-state index in [1.165, 1.54) is 18.2 Å². The molecule has 0 unspecified atom stereocenters. The van der Waals surface area contributed by atoms with E-state index in [-0.39, 0.29) is 21.8 Å². The molecule has 5 nitrogen and oxygen atoms in total. The zero-order valence-electron chi connectivity index (χ0n) is 16.2. The Morgan fingerprint density at radius 2 is 1.93 bits per heavy atom. The van der Waals surface area contributed by atoms with E-state index < -0.39 is 5.67 Å². The Kier molecular flexibility index (Phi) is 4.83. The van der Waals surface area contributed by atoms with Crippen LogP contribution < -0.4 is 5.56 Å². The highest BCUT2D eigenvalue weighted by atomic mass is 79.9. The summed E-state index contributed by atoms with van der Waals surface area (Å²) in [6.07, 6.45) is 1.33. The van der Waals surface area contributed by atoms with E-state index >= 15 is 0 Å². The Morgan fingerprint density at radius 1 is 1.28 bits per heavy atom. The standard InChI is InChI=1S/C22H21BrFN3O2/c1-13(26-11-16(28)12-26)14-6-8-15(9-7-14)17-5-4-10-27-20(17)25-19(22(2,3)24)18(23)21(27)29/h4-10,16,28H,1,11-12H2,2-3H3. The lowest BCUT2D eigenvalue weighted by Crippen LogP contribution is -2.48. The zero-order valence-corrected chi connectivity index (χ0v) is 17.8. The second-order valence-electron chi connectivity index (χ2n) is 7.75. The Labute approximate surface area is 176 Å². The number of aliphatic hydroxyl groups excluding tert-OH is 1. The second kappa shape index (κ2) is 7.07. The Balaban J connectivity index is 1.79. The molecule has 1 saturated heterocycles. The first-order chi connectivity index (χ1) is 13.7. The lowest BCUT2D eigenvalue weighted by Gasteiger charge is -2.39. The number of hydrogen-bond acceptors (Lipinski definition) is 4. The van der Waals surface area contributed by atoms with Gasteiger partial charge >= 0.3 is 0 Å². The minimum Gasteiger partial charge on any atom is -0.389 e. The van der Waals surface area contributed by atoms with E-state index in [0.29, 0.717) is 18.7 Å². The molecular weight excluding hydrogens is 437 g/mol. The second-order valence-corrected chi connectivity index (χ2v) is 8.54. The molecule has 0 aliphatic carbocycles. The fourth-order valence-corrected chi connectivity index (χ4v) is 4.21. The highest BCUT2D eigenvalue weighted by molar-refractivity contribution is 9.10. The van der Waals surface area contributed by atoms with Crippen molar-refractivity contribution in [2.75, 3.05) is 13.1 Å². The predicted molar refractivity (Wildman–Crippen MR) is 115 cm³/mol. The number of nitrogens with zero attached hydrogens (tertiary/aromatic N) is 3. The van der Waals surface area contributed by atoms with Crippen LogP contribution in [0.5, 0.6) is 0 Å². The van der Waals surface area contributed by atoms with E-state index in [4.69, 9.17) is 0 Å². The fourth-order valence-electron chi connectivity index (χ4n) is 3.46. The van der Waals surface area contributed by atoms with E-state index in [9.17, 15) is 14.3 Å². The first kappa shape index (κ1) is 19.8. The van der Waals surface area contributed by atoms with Gasteiger partial charge in [0.05, 0.1) is 11.8 Å². The van der Waals surface area contributed by atoms with Gasteiger partial charge in [-0.2, -0.15) is 0 Å². The molecule has 150 valence electrons. The summed E-state index contributed by atoms with van der Waals surface area (Å²) in [6, 6.07) is 11.4. The fraction of sp³-hybridized carbons (Fsp3) is 0.273. The molecule has 0 bridgehead atoms. The van der Waals surface area contributed by atoms with E-state index in [1.54, 1.807) is 12.3 Å². The normalized spacial score (nSPS) is 14.9. The van der Waals surface area contributed by atoms with Gasteiger partial charge in [-0.25, -0.2) is 9.37 Å². The maximum Gasteiger partial charge on any atom is 0.272 e. The van der Waals surface area contributed by atoms with Crippen molar-refractivity contribution in [3.05, 3.63) is 75.3 Å². The summed E-state index contributed by atoms with van der Waals surface area (Å²) in [4.78, 5) is 19.2. The molecule has 2 aromatic heterocycles. The van der Waals surface area contributed by atoms with Crippen LogP contribution in [-0.2, 0) is 5.67 Å². The highest BCUT2D eigenvalue weighted by Crippen LogP contribution is 2.31. The number of likely N-dealkylation sites (tertiary alicyclic amines) is 1. The molecule has 0 amide bonds. The molecule has 0 spiro atoms. The molecule has 1 aliphatic heterocycles. The van der Waals surface area contributed by atoms with Gasteiger partial charge in [0.15, 0.2) is 0 Å². The number of aromatic nitrogens is 2. The van der Waals surface area contributed by atoms with Crippen molar-refractivity contribution in [1.82, 2.24) is 14.3 Å². The molecule has 0 saturated carbocycles. The minimum absolute atomic E-state index is 0.0799. The molecule has 1 fully saturated rings. The number of benzene rings is 1. The van der Waals surface area contributed by atoms with Crippen LogP contribution in [0.1, 0.15) is 25.1 Å². The number of rotatable bonds is 4. The molecule has 29 heavy (non-hydrogen) atoms. The number of aliphatic hydroxyl groups is 1. The molecule has 1 N–H and O–H groups in total. The molecular formula is C22H21BrFN3O2. The smallest absolute Gasteiger partial charge is 0.272 e. The van der Waals surface area contributed by atoms with Crippen molar-refractivity contribution in [2.45, 2.75) is 25.6 Å². The Hall–Kier alpha value is -2.51. The first-order valence-electron chi connectivity index (χ1n) is 9.30. The highest BCUT2D eigenvalue weighted by Gasteiger charge is 2.28. The summed E-state index contributed by atoms with van der Waals surface area (Å²) in [7, 11) is 0. The Bertz CT molecular complexity index is 1160. The summed E-state index contributed by atoms with van der Waals surface area (Å²) in [5.74, 6) is 0. The lowest BCUT2D eigenvalue weighted by atomic mass is 10.0. The number of alkyl halides is 1. The largest absolute Gasteiger partial charge is 0.389 e. The molecule has 0 atom stereocenters. The first-order valence-corrected chi connectivity index (χ1v) is 10.1. The monoisotopic (exact) mass is 457 g/mol. The number of hydrogen-bond donors (Lipinski definition) is 1. The van der Waals surface area contributed by atoms with Crippen molar-refractivity contribution in [2.24, 2.45) is 0 Å². The maximum atomic E-state index is 14.6. The van der Waals surface area contributed by atoms with Gasteiger partial charge in [-0.05, 0) is 53.0 Å². The number of pyridine rings is 1. The van der Waals surface area contributed by atoms with Gasteiger partial charge in [0.1, 0.15) is 15.8 Å². The number of halogens is 2. The van der Waals surface area contributed by atoms with Gasteiger partial charge < -0.3 is 10.0 Å². The molecule has 0 radical (unpaired) electrons. The average molecular weight is 458 g/mol. The van der Waals surface area contributed by atoms with Crippen LogP contribution >= 0.6 is 15.9 Å². The third-order valence-electron chi connectivity index (χ3n) is 5.14. The molecule has 1 aliphatic rings. The minimum atomic E-state index is -1.76. The summed E-state index contributed by atoms with van der Waals surface area (Å²) in [5, 5.41) is 9.48. The van der Waals surface area contributed by atoms with Crippen LogP contribution in [0, 0.1) is 0 Å². The maximum absolute atomic E-state index is 14.6. The molecule has 7 heteroatoms. The lowest BCUT2D eigenvalue weighted by molar-refractivity contribution is 0.0404. The third kappa shape index (κ3) is 3.49. The molecule has 3 heterocycles. The Morgan fingerprint density at radius 3 is 2.52 bits per heavy atom. The topological polar surface area (TPSA) is 57.8 Å². The van der Waals surface area contributed by atoms with Crippen LogP contribution in [0.2, 0.25) is 0 Å². The van der Waals surface area contributed by atoms with Gasteiger partial charge in [-0.1, -0.05) is 30.8 Å². The number of β-amino-alcohol motifs (C(OH)–C–C–N with tert-alkyl or cyclic N) is 1. The third-order valence-corrected chi connectivity index (χ3v) is 5.85. The molecule has 3 aromatic rings. The summed E-state index contributed by atoms with van der Waals surface area (Å²) < 4.78 is 16.2. The van der Waals surface area contributed by atoms with Crippen LogP contribution in [0.25, 0.3) is 22.5 Å². The summed E-state index contributed by atoms with van der Waals surface area (Å²) in [6.45, 7) is 8.05. The van der Waals surface area contributed by atoms with Gasteiger partial charge in [0, 0.05) is 30.5 Å². The van der Waals surface area contributed by atoms with Crippen molar-refractivity contribution in [1.29, 1.82) is 0 Å². The van der Waals surface area contributed by atoms with Gasteiger partial charge in [-0.15, -0.1) is 0 Å². The average Bonchev–Trinajstić information content (AvgIpc) is 2.66. The molecule has 1 aromatic carbocycles. The van der Waals surface area contributed by atoms with Crippen LogP contribution in [0.15, 0.2) is 58.4 Å².